The van der Waals surface area contributed by atoms with Crippen molar-refractivity contribution in [3.05, 3.63) is 95.1 Å². The summed E-state index contributed by atoms with van der Waals surface area (Å²) < 4.78 is 40.8. The van der Waals surface area contributed by atoms with Gasteiger partial charge < -0.3 is 5.32 Å². The number of nitrogens with one attached hydrogen (secondary N) is 3. The molecule has 0 saturated heterocycles. The van der Waals surface area contributed by atoms with E-state index in [4.69, 9.17) is 0 Å². The molecule has 0 atom stereocenters. The molecule has 0 aliphatic heterocycles. The van der Waals surface area contributed by atoms with Crippen molar-refractivity contribution >= 4 is 40.5 Å². The van der Waals surface area contributed by atoms with Crippen molar-refractivity contribution in [2.24, 2.45) is 0 Å². The number of alkyl halides is 3. The first-order valence-electron chi connectivity index (χ1n) is 13.5. The Morgan fingerprint density at radius 3 is 2.32 bits per heavy atom. The molecule has 12 nitrogen and oxygen atoms in total. The summed E-state index contributed by atoms with van der Waals surface area (Å²) in [6.07, 6.45) is 1.44. The molecule has 5 N–H and O–H groups in total. The third-order valence-corrected chi connectivity index (χ3v) is 6.98. The molecule has 1 heterocycles. The molecule has 3 amide bonds. The topological polar surface area (TPSA) is 160 Å². The lowest BCUT2D eigenvalue weighted by Gasteiger charge is -2.25. The molecule has 0 saturated carbocycles. The van der Waals surface area contributed by atoms with Gasteiger partial charge in [0.1, 0.15) is 5.69 Å². The van der Waals surface area contributed by atoms with E-state index in [-0.39, 0.29) is 18.2 Å². The third-order valence-electron chi connectivity index (χ3n) is 6.98. The van der Waals surface area contributed by atoms with E-state index in [2.05, 4.69) is 37.3 Å². The minimum Gasteiger partial charge on any atom is -0.308 e. The number of allylic oxidation sites excluding steroid dienone is 2. The Bertz CT molecular complexity index is 1640. The van der Waals surface area contributed by atoms with E-state index >= 15 is 0 Å². The second kappa shape index (κ2) is 12.9. The van der Waals surface area contributed by atoms with E-state index in [1.54, 1.807) is 36.4 Å². The normalized spacial score (nSPS) is 13.2. The zero-order chi connectivity index (χ0) is 31.3. The Balaban J connectivity index is 1.40. The molecule has 0 fully saturated rings. The molecule has 1 aromatic heterocycles. The molecule has 44 heavy (non-hydrogen) atoms. The van der Waals surface area contributed by atoms with Crippen LogP contribution in [-0.4, -0.2) is 43.0 Å². The van der Waals surface area contributed by atoms with Gasteiger partial charge in [-0.25, -0.2) is 4.79 Å². The number of aromatic nitrogens is 4. The maximum atomic E-state index is 13.6. The van der Waals surface area contributed by atoms with E-state index < -0.39 is 34.6 Å². The molecule has 0 radical (unpaired) electrons. The number of carbonyl (C=O) groups excluding carboxylic acids is 2. The number of H-pyrrole nitrogens is 1. The second-order valence-electron chi connectivity index (χ2n) is 9.94. The molecular formula is C29H27F3N8O4. The van der Waals surface area contributed by atoms with Crippen LogP contribution >= 0.6 is 0 Å². The van der Waals surface area contributed by atoms with E-state index in [9.17, 15) is 33.2 Å². The fourth-order valence-electron chi connectivity index (χ4n) is 4.77. The smallest absolute Gasteiger partial charge is 0.308 e. The van der Waals surface area contributed by atoms with Crippen LogP contribution < -0.4 is 20.8 Å². The molecule has 3 aromatic carbocycles. The molecule has 5 rings (SSSR count). The van der Waals surface area contributed by atoms with E-state index in [1.807, 2.05) is 12.1 Å². The van der Waals surface area contributed by atoms with Gasteiger partial charge in [-0.2, -0.15) is 18.4 Å². The van der Waals surface area contributed by atoms with E-state index in [0.29, 0.717) is 22.9 Å². The highest BCUT2D eigenvalue weighted by molar-refractivity contribution is 6.03. The Hall–Kier alpha value is -5.28. The van der Waals surface area contributed by atoms with Crippen molar-refractivity contribution < 1.29 is 33.2 Å². The fourth-order valence-corrected chi connectivity index (χ4v) is 4.77. The maximum absolute atomic E-state index is 13.6. The molecule has 228 valence electrons. The largest absolute Gasteiger partial charge is 0.418 e. The van der Waals surface area contributed by atoms with Crippen molar-refractivity contribution in [3.8, 4) is 0 Å². The van der Waals surface area contributed by atoms with E-state index in [1.165, 1.54) is 10.5 Å². The van der Waals surface area contributed by atoms with Gasteiger partial charge >= 0.3 is 12.2 Å². The number of urea groups is 1. The van der Waals surface area contributed by atoms with Crippen molar-refractivity contribution in [1.29, 1.82) is 0 Å². The minimum absolute atomic E-state index is 0.00163. The minimum atomic E-state index is -4.93. The van der Waals surface area contributed by atoms with Gasteiger partial charge in [-0.05, 0) is 90.1 Å². The van der Waals surface area contributed by atoms with Crippen molar-refractivity contribution in [2.75, 3.05) is 20.8 Å². The molecule has 0 unspecified atom stereocenters. The van der Waals surface area contributed by atoms with Crippen LogP contribution in [0.5, 0.6) is 0 Å². The molecule has 0 spiro atoms. The van der Waals surface area contributed by atoms with E-state index in [0.717, 1.165) is 43.4 Å². The van der Waals surface area contributed by atoms with Crippen molar-refractivity contribution in [3.63, 3.8) is 0 Å². The first kappa shape index (κ1) is 30.2. The van der Waals surface area contributed by atoms with Gasteiger partial charge in [0, 0.05) is 16.9 Å². The predicted octanol–water partition coefficient (Wildman–Crippen LogP) is 6.25. The number of halogens is 3. The molecule has 1 aliphatic carbocycles. The number of amides is 3. The molecule has 15 heteroatoms. The van der Waals surface area contributed by atoms with Gasteiger partial charge in [0.15, 0.2) is 0 Å². The van der Waals surface area contributed by atoms with Gasteiger partial charge in [0.2, 0.25) is 0 Å². The average Bonchev–Trinajstić information content (AvgIpc) is 3.53. The summed E-state index contributed by atoms with van der Waals surface area (Å²) in [4.78, 5) is 27.4. The summed E-state index contributed by atoms with van der Waals surface area (Å²) in [5.74, 6) is -0.477. The Kier molecular flexibility index (Phi) is 8.87. The number of anilines is 4. The summed E-state index contributed by atoms with van der Waals surface area (Å²) in [6.45, 7) is 0.00584. The molecular weight excluding hydrogens is 581 g/mol. The monoisotopic (exact) mass is 608 g/mol. The molecule has 1 aliphatic rings. The maximum Gasteiger partial charge on any atom is 0.418 e. The lowest BCUT2D eigenvalue weighted by molar-refractivity contribution is -0.138. The average molecular weight is 609 g/mol. The van der Waals surface area contributed by atoms with Crippen LogP contribution in [0.1, 0.15) is 52.7 Å². The summed E-state index contributed by atoms with van der Waals surface area (Å²) >= 11 is 0. The van der Waals surface area contributed by atoms with Gasteiger partial charge in [-0.15, -0.1) is 10.3 Å². The summed E-state index contributed by atoms with van der Waals surface area (Å²) in [7, 11) is 0. The van der Waals surface area contributed by atoms with Crippen LogP contribution in [0, 0.1) is 0 Å². The Labute approximate surface area is 248 Å². The quantitative estimate of drug-likeness (QED) is 0.147. The number of aromatic amines is 1. The number of tetrazole rings is 1. The predicted molar refractivity (Wildman–Crippen MR) is 154 cm³/mol. The van der Waals surface area contributed by atoms with Crippen LogP contribution in [0.4, 0.5) is 41.0 Å². The lowest BCUT2D eigenvalue weighted by Crippen LogP contribution is -2.34. The Morgan fingerprint density at radius 2 is 1.70 bits per heavy atom. The SMILES string of the molecule is O=C(Nc1nn[nH]n1)c1ccc(CN(C(=O)Nc2ccc(N(O)O)c(C(F)(F)F)c2)c2ccc(C3=CCCCC3)cc2)cc1. The highest BCUT2D eigenvalue weighted by Gasteiger charge is 2.35. The van der Waals surface area contributed by atoms with Gasteiger partial charge in [-0.3, -0.25) is 25.4 Å². The van der Waals surface area contributed by atoms with Gasteiger partial charge in [-0.1, -0.05) is 35.4 Å². The van der Waals surface area contributed by atoms with Crippen molar-refractivity contribution in [1.82, 2.24) is 20.6 Å². The van der Waals surface area contributed by atoms with Gasteiger partial charge in [0.25, 0.3) is 11.9 Å². The highest BCUT2D eigenvalue weighted by Crippen LogP contribution is 2.38. The lowest BCUT2D eigenvalue weighted by atomic mass is 9.93. The zero-order valence-electron chi connectivity index (χ0n) is 23.0. The summed E-state index contributed by atoms with van der Waals surface area (Å²) in [5, 5.41) is 35.7. The summed E-state index contributed by atoms with van der Waals surface area (Å²) in [5.41, 5.74) is 1.17. The number of carbonyl (C=O) groups is 2. The van der Waals surface area contributed by atoms with Gasteiger partial charge in [0.05, 0.1) is 12.1 Å². The van der Waals surface area contributed by atoms with Crippen LogP contribution in [0.2, 0.25) is 0 Å². The summed E-state index contributed by atoms with van der Waals surface area (Å²) in [6, 6.07) is 15.5. The first-order chi connectivity index (χ1) is 21.1. The standard InChI is InChI=1S/C29H27F3N8O4/c30-29(31,32)24-16-22(12-15-25(24)40(43)44)33-28(42)39(23-13-10-20(11-14-23)19-4-2-1-3-5-19)17-18-6-8-21(9-7-18)26(41)34-27-35-37-38-36-27/h4,6-16,43-44H,1-3,5,17H2,(H,33,42)(H2,34,35,36,37,38,41). The zero-order valence-corrected chi connectivity index (χ0v) is 23.0. The first-order valence-corrected chi connectivity index (χ1v) is 13.5. The second-order valence-corrected chi connectivity index (χ2v) is 9.94. The van der Waals surface area contributed by atoms with Crippen molar-refractivity contribution in [2.45, 2.75) is 38.4 Å². The number of rotatable bonds is 8. The third kappa shape index (κ3) is 7.19. The number of benzene rings is 3. The molecule has 0 bridgehead atoms. The van der Waals surface area contributed by atoms with Crippen LogP contribution in [0.25, 0.3) is 5.57 Å². The number of nitrogens with zero attached hydrogens (tertiary/aromatic N) is 5. The van der Waals surface area contributed by atoms with Crippen LogP contribution in [0.3, 0.4) is 0 Å². The van der Waals surface area contributed by atoms with Crippen LogP contribution in [-0.2, 0) is 12.7 Å². The fraction of sp³-hybridized carbons (Fsp3) is 0.207. The van der Waals surface area contributed by atoms with Crippen LogP contribution in [0.15, 0.2) is 72.8 Å². The molecule has 4 aromatic rings. The number of hydrogen-bond acceptors (Lipinski definition) is 8. The number of hydrogen-bond donors (Lipinski definition) is 5. The Morgan fingerprint density at radius 1 is 0.955 bits per heavy atom. The highest BCUT2D eigenvalue weighted by atomic mass is 19.4.